The fraction of sp³-hybridized carbons (Fsp3) is 0.222. The van der Waals surface area contributed by atoms with Crippen molar-refractivity contribution in [1.29, 1.82) is 0 Å². The van der Waals surface area contributed by atoms with Crippen molar-refractivity contribution in [2.75, 3.05) is 0 Å². The van der Waals surface area contributed by atoms with E-state index < -0.39 is 0 Å². The van der Waals surface area contributed by atoms with Gasteiger partial charge in [0.25, 0.3) is 0 Å². The molecule has 0 unspecified atom stereocenters. The lowest BCUT2D eigenvalue weighted by Crippen LogP contribution is -1.89. The molecule has 0 radical (unpaired) electrons. The second-order valence-corrected chi connectivity index (χ2v) is 4.52. The largest absolute Gasteiger partial charge is 0.303 e. The number of hydrogen-bond acceptors (Lipinski definition) is 1. The Morgan fingerprint density at radius 1 is 1.50 bits per heavy atom. The number of carbonyl (C=O) groups excluding carboxylic acids is 1. The summed E-state index contributed by atoms with van der Waals surface area (Å²) in [6.45, 7) is 0. The molecule has 0 aliphatic rings. The molecule has 0 aliphatic heterocycles. The molecule has 0 bridgehead atoms. The van der Waals surface area contributed by atoms with Gasteiger partial charge in [-0.25, -0.2) is 0 Å². The smallest absolute Gasteiger partial charge is 0.120 e. The van der Waals surface area contributed by atoms with Crippen molar-refractivity contribution >= 4 is 44.8 Å². The molecule has 3 heteroatoms. The summed E-state index contributed by atoms with van der Waals surface area (Å²) in [6, 6.07) is 6.11. The SMILES string of the molecule is O=CCCc1cc(Br)ccc1I. The highest BCUT2D eigenvalue weighted by Gasteiger charge is 1.99. The highest BCUT2D eigenvalue weighted by atomic mass is 127. The number of halogens is 2. The van der Waals surface area contributed by atoms with Gasteiger partial charge in [0.1, 0.15) is 6.29 Å². The van der Waals surface area contributed by atoms with E-state index in [2.05, 4.69) is 44.6 Å². The summed E-state index contributed by atoms with van der Waals surface area (Å²) < 4.78 is 2.29. The summed E-state index contributed by atoms with van der Waals surface area (Å²) in [7, 11) is 0. The normalized spacial score (nSPS) is 9.83. The summed E-state index contributed by atoms with van der Waals surface area (Å²) in [5.74, 6) is 0. The zero-order valence-corrected chi connectivity index (χ0v) is 10.1. The van der Waals surface area contributed by atoms with Crippen LogP contribution in [0.1, 0.15) is 12.0 Å². The topological polar surface area (TPSA) is 17.1 Å². The number of aldehydes is 1. The molecule has 0 fully saturated rings. The van der Waals surface area contributed by atoms with Crippen molar-refractivity contribution in [2.24, 2.45) is 0 Å². The van der Waals surface area contributed by atoms with Gasteiger partial charge in [0.15, 0.2) is 0 Å². The summed E-state index contributed by atoms with van der Waals surface area (Å²) in [5, 5.41) is 0. The van der Waals surface area contributed by atoms with Gasteiger partial charge in [-0.05, 0) is 52.8 Å². The Hall–Kier alpha value is 0.1000. The van der Waals surface area contributed by atoms with Gasteiger partial charge in [0.2, 0.25) is 0 Å². The van der Waals surface area contributed by atoms with E-state index in [0.29, 0.717) is 6.42 Å². The van der Waals surface area contributed by atoms with E-state index in [1.165, 1.54) is 9.13 Å². The van der Waals surface area contributed by atoms with Crippen LogP contribution in [0.5, 0.6) is 0 Å². The van der Waals surface area contributed by atoms with Crippen LogP contribution in [0.15, 0.2) is 22.7 Å². The van der Waals surface area contributed by atoms with Crippen LogP contribution in [0.25, 0.3) is 0 Å². The molecule has 0 spiro atoms. The van der Waals surface area contributed by atoms with E-state index >= 15 is 0 Å². The molecule has 0 heterocycles. The zero-order valence-electron chi connectivity index (χ0n) is 6.39. The van der Waals surface area contributed by atoms with Gasteiger partial charge in [-0.2, -0.15) is 0 Å². The maximum absolute atomic E-state index is 10.2. The van der Waals surface area contributed by atoms with Crippen LogP contribution in [0.2, 0.25) is 0 Å². The van der Waals surface area contributed by atoms with Gasteiger partial charge in [0.05, 0.1) is 0 Å². The average Bonchev–Trinajstić information content (AvgIpc) is 2.07. The van der Waals surface area contributed by atoms with E-state index in [9.17, 15) is 4.79 Å². The molecule has 64 valence electrons. The van der Waals surface area contributed by atoms with E-state index in [0.717, 1.165) is 17.2 Å². The lowest BCUT2D eigenvalue weighted by molar-refractivity contribution is -0.107. The van der Waals surface area contributed by atoms with Gasteiger partial charge < -0.3 is 4.79 Å². The quantitative estimate of drug-likeness (QED) is 0.611. The maximum atomic E-state index is 10.2. The Morgan fingerprint density at radius 2 is 2.25 bits per heavy atom. The summed E-state index contributed by atoms with van der Waals surface area (Å²) in [6.07, 6.45) is 2.39. The third-order valence-corrected chi connectivity index (χ3v) is 3.08. The molecule has 0 saturated heterocycles. The molecular formula is C9H8BrIO. The van der Waals surface area contributed by atoms with Crippen LogP contribution in [-0.4, -0.2) is 6.29 Å². The van der Waals surface area contributed by atoms with Crippen LogP contribution in [0, 0.1) is 3.57 Å². The van der Waals surface area contributed by atoms with Gasteiger partial charge in [-0.1, -0.05) is 15.9 Å². The van der Waals surface area contributed by atoms with Crippen molar-refractivity contribution in [3.8, 4) is 0 Å². The third-order valence-electron chi connectivity index (χ3n) is 1.54. The summed E-state index contributed by atoms with van der Waals surface area (Å²) in [5.41, 5.74) is 1.23. The minimum atomic E-state index is 0.604. The Labute approximate surface area is 93.8 Å². The van der Waals surface area contributed by atoms with E-state index in [-0.39, 0.29) is 0 Å². The Kier molecular flexibility index (Phi) is 4.21. The first-order valence-corrected chi connectivity index (χ1v) is 5.49. The molecule has 1 aromatic carbocycles. The number of hydrogen-bond donors (Lipinski definition) is 0. The van der Waals surface area contributed by atoms with Crippen LogP contribution < -0.4 is 0 Å². The number of aryl methyl sites for hydroxylation is 1. The van der Waals surface area contributed by atoms with Gasteiger partial charge in [0, 0.05) is 14.5 Å². The lowest BCUT2D eigenvalue weighted by Gasteiger charge is -2.01. The minimum absolute atomic E-state index is 0.604. The number of benzene rings is 1. The predicted octanol–water partition coefficient (Wildman–Crippen LogP) is 3.19. The van der Waals surface area contributed by atoms with Crippen molar-refractivity contribution in [1.82, 2.24) is 0 Å². The molecule has 0 aliphatic carbocycles. The molecule has 1 rings (SSSR count). The molecule has 0 N–H and O–H groups in total. The Balaban J connectivity index is 2.82. The summed E-state index contributed by atoms with van der Waals surface area (Å²) in [4.78, 5) is 10.2. The molecule has 0 atom stereocenters. The predicted molar refractivity (Wildman–Crippen MR) is 61.2 cm³/mol. The lowest BCUT2D eigenvalue weighted by atomic mass is 10.1. The van der Waals surface area contributed by atoms with Crippen molar-refractivity contribution in [3.05, 3.63) is 31.8 Å². The number of carbonyl (C=O) groups is 1. The molecule has 0 aromatic heterocycles. The zero-order chi connectivity index (χ0) is 8.97. The first kappa shape index (κ1) is 10.2. The monoisotopic (exact) mass is 338 g/mol. The van der Waals surface area contributed by atoms with Crippen LogP contribution >= 0.6 is 38.5 Å². The van der Waals surface area contributed by atoms with Crippen LogP contribution in [0.3, 0.4) is 0 Å². The van der Waals surface area contributed by atoms with Gasteiger partial charge in [-0.15, -0.1) is 0 Å². The molecule has 0 amide bonds. The molecule has 1 nitrogen and oxygen atoms in total. The van der Waals surface area contributed by atoms with E-state index in [4.69, 9.17) is 0 Å². The highest BCUT2D eigenvalue weighted by Crippen LogP contribution is 2.19. The van der Waals surface area contributed by atoms with E-state index in [1.807, 2.05) is 12.1 Å². The molecule has 12 heavy (non-hydrogen) atoms. The first-order chi connectivity index (χ1) is 5.74. The van der Waals surface area contributed by atoms with Crippen LogP contribution in [-0.2, 0) is 11.2 Å². The molecule has 1 aromatic rings. The minimum Gasteiger partial charge on any atom is -0.303 e. The van der Waals surface area contributed by atoms with Gasteiger partial charge in [-0.3, -0.25) is 0 Å². The van der Waals surface area contributed by atoms with Crippen molar-refractivity contribution < 1.29 is 4.79 Å². The van der Waals surface area contributed by atoms with E-state index in [1.54, 1.807) is 0 Å². The second kappa shape index (κ2) is 4.97. The highest BCUT2D eigenvalue weighted by molar-refractivity contribution is 14.1. The van der Waals surface area contributed by atoms with Crippen molar-refractivity contribution in [2.45, 2.75) is 12.8 Å². The molecule has 0 saturated carbocycles. The fourth-order valence-corrected chi connectivity index (χ4v) is 1.96. The second-order valence-electron chi connectivity index (χ2n) is 2.44. The fourth-order valence-electron chi connectivity index (χ4n) is 0.949. The maximum Gasteiger partial charge on any atom is 0.120 e. The Morgan fingerprint density at radius 3 is 2.92 bits per heavy atom. The standard InChI is InChI=1S/C9H8BrIO/c10-8-3-4-9(11)7(6-8)2-1-5-12/h3-6H,1-2H2. The average molecular weight is 339 g/mol. The Bertz CT molecular complexity index is 286. The summed E-state index contributed by atoms with van der Waals surface area (Å²) >= 11 is 5.68. The first-order valence-electron chi connectivity index (χ1n) is 3.61. The number of rotatable bonds is 3. The van der Waals surface area contributed by atoms with Crippen molar-refractivity contribution in [3.63, 3.8) is 0 Å². The third kappa shape index (κ3) is 2.86. The van der Waals surface area contributed by atoms with Gasteiger partial charge >= 0.3 is 0 Å². The van der Waals surface area contributed by atoms with Crippen LogP contribution in [0.4, 0.5) is 0 Å². The molecular weight excluding hydrogens is 331 g/mol.